The number of carbonyl (C=O) groups is 1. The van der Waals surface area contributed by atoms with E-state index in [4.69, 9.17) is 5.11 Å². The number of thiazole rings is 1. The van der Waals surface area contributed by atoms with Crippen LogP contribution in [-0.4, -0.2) is 29.6 Å². The van der Waals surface area contributed by atoms with E-state index in [1.165, 1.54) is 36.4 Å². The van der Waals surface area contributed by atoms with Gasteiger partial charge in [0, 0.05) is 0 Å². The lowest BCUT2D eigenvalue weighted by molar-refractivity contribution is 0.0702. The molecule has 138 valence electrons. The van der Waals surface area contributed by atoms with E-state index in [1.54, 1.807) is 12.1 Å². The lowest BCUT2D eigenvalue weighted by Gasteiger charge is -2.05. The van der Waals surface area contributed by atoms with Crippen LogP contribution in [0.15, 0.2) is 69.9 Å². The van der Waals surface area contributed by atoms with Gasteiger partial charge in [-0.15, -0.1) is 0 Å². The summed E-state index contributed by atoms with van der Waals surface area (Å²) < 4.78 is 26.9. The van der Waals surface area contributed by atoms with Gasteiger partial charge in [-0.25, -0.2) is 18.2 Å². The van der Waals surface area contributed by atoms with Crippen molar-refractivity contribution in [3.63, 3.8) is 0 Å². The van der Waals surface area contributed by atoms with Crippen LogP contribution < -0.4 is 4.72 Å². The number of nitrogens with one attached hydrogen (secondary N) is 1. The highest BCUT2D eigenvalue weighted by Gasteiger charge is 2.17. The van der Waals surface area contributed by atoms with Crippen LogP contribution in [-0.2, 0) is 10.0 Å². The number of aromatic carboxylic acids is 1. The van der Waals surface area contributed by atoms with Crippen molar-refractivity contribution in [2.45, 2.75) is 4.90 Å². The second kappa shape index (κ2) is 7.51. The summed E-state index contributed by atoms with van der Waals surface area (Å²) in [6.45, 7) is 0. The molecule has 0 aliphatic rings. The smallest absolute Gasteiger partial charge is 0.347 e. The number of phenolic OH excluding ortho intramolecular Hbond substituents is 1. The first-order chi connectivity index (χ1) is 12.8. The minimum Gasteiger partial charge on any atom is -0.508 e. The number of aromatic nitrogens is 1. The topological polar surface area (TPSA) is 141 Å². The highest BCUT2D eigenvalue weighted by atomic mass is 32.2. The van der Waals surface area contributed by atoms with Crippen LogP contribution in [0, 0.1) is 0 Å². The zero-order valence-corrected chi connectivity index (χ0v) is 15.1. The molecule has 11 heteroatoms. The molecular formula is C16H12N4O5S2. The molecule has 0 radical (unpaired) electrons. The predicted octanol–water partition coefficient (Wildman–Crippen LogP) is 3.76. The molecule has 0 unspecified atom stereocenters. The molecule has 0 amide bonds. The molecule has 0 spiro atoms. The van der Waals surface area contributed by atoms with E-state index in [-0.39, 0.29) is 20.7 Å². The number of phenols is 1. The van der Waals surface area contributed by atoms with Gasteiger partial charge in [-0.3, -0.25) is 4.72 Å². The monoisotopic (exact) mass is 404 g/mol. The number of carboxylic acids is 1. The van der Waals surface area contributed by atoms with Gasteiger partial charge in [0.15, 0.2) is 5.13 Å². The Labute approximate surface area is 157 Å². The molecule has 0 bridgehead atoms. The summed E-state index contributed by atoms with van der Waals surface area (Å²) in [5, 5.41) is 26.0. The van der Waals surface area contributed by atoms with Crippen LogP contribution in [0.2, 0.25) is 0 Å². The van der Waals surface area contributed by atoms with E-state index in [0.717, 1.165) is 17.5 Å². The lowest BCUT2D eigenvalue weighted by Crippen LogP contribution is -2.12. The van der Waals surface area contributed by atoms with Crippen LogP contribution in [0.1, 0.15) is 9.67 Å². The summed E-state index contributed by atoms with van der Waals surface area (Å²) >= 11 is 0.720. The van der Waals surface area contributed by atoms with E-state index in [2.05, 4.69) is 19.9 Å². The normalized spacial score (nSPS) is 11.6. The summed E-state index contributed by atoms with van der Waals surface area (Å²) in [6, 6.07) is 11.8. The number of carboxylic acid groups (broad SMARTS) is 1. The van der Waals surface area contributed by atoms with Crippen LogP contribution in [0.3, 0.4) is 0 Å². The summed E-state index contributed by atoms with van der Waals surface area (Å²) in [6.07, 6.45) is 1.08. The Morgan fingerprint density at radius 2 is 1.56 bits per heavy atom. The maximum absolute atomic E-state index is 12.3. The van der Waals surface area contributed by atoms with E-state index < -0.39 is 16.0 Å². The Kier molecular flexibility index (Phi) is 5.14. The van der Waals surface area contributed by atoms with Crippen molar-refractivity contribution < 1.29 is 23.4 Å². The quantitative estimate of drug-likeness (QED) is 0.534. The number of benzene rings is 2. The van der Waals surface area contributed by atoms with Gasteiger partial charge < -0.3 is 10.2 Å². The molecule has 0 aliphatic heterocycles. The van der Waals surface area contributed by atoms with Gasteiger partial charge in [0.1, 0.15) is 10.6 Å². The first kappa shape index (κ1) is 18.5. The number of aromatic hydroxyl groups is 1. The molecule has 3 aromatic rings. The molecule has 0 saturated carbocycles. The molecule has 3 N–H and O–H groups in total. The Bertz CT molecular complexity index is 1090. The SMILES string of the molecule is O=C(O)c1cnc(NS(=O)(=O)c2ccc(N=Nc3ccc(O)cc3)cc2)s1. The summed E-state index contributed by atoms with van der Waals surface area (Å²) in [5.41, 5.74) is 0.966. The van der Waals surface area contributed by atoms with Gasteiger partial charge in [0.25, 0.3) is 10.0 Å². The zero-order valence-electron chi connectivity index (χ0n) is 13.5. The molecule has 0 atom stereocenters. The summed E-state index contributed by atoms with van der Waals surface area (Å²) in [5.74, 6) is -1.06. The van der Waals surface area contributed by atoms with Gasteiger partial charge in [-0.2, -0.15) is 10.2 Å². The van der Waals surface area contributed by atoms with Crippen molar-refractivity contribution in [1.29, 1.82) is 0 Å². The van der Waals surface area contributed by atoms with Crippen molar-refractivity contribution in [1.82, 2.24) is 4.98 Å². The van der Waals surface area contributed by atoms with Crippen molar-refractivity contribution >= 4 is 43.8 Å². The van der Waals surface area contributed by atoms with Crippen LogP contribution in [0.25, 0.3) is 0 Å². The molecule has 27 heavy (non-hydrogen) atoms. The summed E-state index contributed by atoms with van der Waals surface area (Å²) in [7, 11) is -3.91. The molecule has 1 aromatic heterocycles. The highest BCUT2D eigenvalue weighted by Crippen LogP contribution is 2.24. The Morgan fingerprint density at radius 3 is 2.07 bits per heavy atom. The van der Waals surface area contributed by atoms with Gasteiger partial charge in [-0.1, -0.05) is 11.3 Å². The third kappa shape index (κ3) is 4.65. The standard InChI is InChI=1S/C16H12N4O5S2/c21-12-5-1-10(2-6-12)18-19-11-3-7-13(8-4-11)27(24,25)20-16-17-9-14(26-16)15(22)23/h1-9,21H,(H,17,20)(H,22,23). The lowest BCUT2D eigenvalue weighted by atomic mass is 10.3. The molecule has 3 rings (SSSR count). The number of hydrogen-bond donors (Lipinski definition) is 3. The van der Waals surface area contributed by atoms with Gasteiger partial charge in [-0.05, 0) is 48.5 Å². The van der Waals surface area contributed by atoms with E-state index >= 15 is 0 Å². The number of hydrogen-bond acceptors (Lipinski definition) is 8. The maximum Gasteiger partial charge on any atom is 0.347 e. The Morgan fingerprint density at radius 1 is 1.00 bits per heavy atom. The van der Waals surface area contributed by atoms with Gasteiger partial charge in [0.2, 0.25) is 0 Å². The minimum absolute atomic E-state index is 0.0295. The van der Waals surface area contributed by atoms with Crippen LogP contribution >= 0.6 is 11.3 Å². The average Bonchev–Trinajstić information content (AvgIpc) is 3.10. The molecule has 2 aromatic carbocycles. The fraction of sp³-hybridized carbons (Fsp3) is 0. The minimum atomic E-state index is -3.91. The Hall–Kier alpha value is -3.31. The first-order valence-electron chi connectivity index (χ1n) is 7.36. The molecule has 0 fully saturated rings. The molecule has 1 heterocycles. The number of azo groups is 1. The number of rotatable bonds is 6. The van der Waals surface area contributed by atoms with E-state index in [0.29, 0.717) is 11.4 Å². The van der Waals surface area contributed by atoms with Gasteiger partial charge in [0.05, 0.1) is 22.5 Å². The van der Waals surface area contributed by atoms with Crippen LogP contribution in [0.4, 0.5) is 16.5 Å². The first-order valence-corrected chi connectivity index (χ1v) is 9.66. The third-order valence-corrected chi connectivity index (χ3v) is 5.60. The van der Waals surface area contributed by atoms with Gasteiger partial charge >= 0.3 is 5.97 Å². The van der Waals surface area contributed by atoms with E-state index in [1.807, 2.05) is 0 Å². The number of anilines is 1. The average molecular weight is 404 g/mol. The summed E-state index contributed by atoms with van der Waals surface area (Å²) in [4.78, 5) is 14.5. The fourth-order valence-corrected chi connectivity index (χ4v) is 3.82. The fourth-order valence-electron chi connectivity index (χ4n) is 1.92. The third-order valence-electron chi connectivity index (χ3n) is 3.22. The largest absolute Gasteiger partial charge is 0.508 e. The van der Waals surface area contributed by atoms with Crippen molar-refractivity contribution in [2.75, 3.05) is 4.72 Å². The van der Waals surface area contributed by atoms with Crippen molar-refractivity contribution in [3.8, 4) is 5.75 Å². The van der Waals surface area contributed by atoms with Crippen LogP contribution in [0.5, 0.6) is 5.75 Å². The molecule has 0 aliphatic carbocycles. The Balaban J connectivity index is 1.73. The predicted molar refractivity (Wildman–Crippen MR) is 98.6 cm³/mol. The zero-order chi connectivity index (χ0) is 19.4. The highest BCUT2D eigenvalue weighted by molar-refractivity contribution is 7.93. The number of nitrogens with zero attached hydrogens (tertiary/aromatic N) is 3. The number of sulfonamides is 1. The van der Waals surface area contributed by atoms with Crippen molar-refractivity contribution in [2.24, 2.45) is 10.2 Å². The molecule has 0 saturated heterocycles. The maximum atomic E-state index is 12.3. The second-order valence-corrected chi connectivity index (χ2v) is 7.86. The molecule has 9 nitrogen and oxygen atoms in total. The van der Waals surface area contributed by atoms with Crippen molar-refractivity contribution in [3.05, 3.63) is 59.6 Å². The molecular weight excluding hydrogens is 392 g/mol. The second-order valence-electron chi connectivity index (χ2n) is 5.15. The van der Waals surface area contributed by atoms with E-state index in [9.17, 15) is 18.3 Å².